The Balaban J connectivity index is 0.00000264. The molecule has 4 N–H and O–H groups in total. The van der Waals surface area contributed by atoms with Crippen molar-refractivity contribution in [1.29, 1.82) is 0 Å². The third-order valence-corrected chi connectivity index (χ3v) is 3.36. The number of phosphoric ester groups is 1. The number of aliphatic hydroxyl groups excluding tert-OH is 3. The van der Waals surface area contributed by atoms with E-state index in [9.17, 15) is 34.2 Å². The number of aromatic amines is 1. The molecule has 1 fully saturated rings. The van der Waals surface area contributed by atoms with Gasteiger partial charge in [0.1, 0.15) is 26.1 Å². The molecular weight excluding hydrogens is 373 g/mol. The van der Waals surface area contributed by atoms with Crippen molar-refractivity contribution >= 4 is 7.82 Å². The molecule has 0 amide bonds. The van der Waals surface area contributed by atoms with Crippen LogP contribution in [0.1, 0.15) is 6.23 Å². The van der Waals surface area contributed by atoms with Gasteiger partial charge in [0.05, 0.1) is 12.8 Å². The minimum Gasteiger partial charge on any atom is -0.780 e. The normalized spacial score (nSPS) is 26.4. The average molecular weight is 384 g/mol. The number of H-pyrrole nitrogens is 1. The van der Waals surface area contributed by atoms with E-state index < -0.39 is 56.0 Å². The summed E-state index contributed by atoms with van der Waals surface area (Å²) in [4.78, 5) is 45.8. The van der Waals surface area contributed by atoms with E-state index in [1.165, 1.54) is 0 Å². The molecule has 1 aromatic rings. The summed E-state index contributed by atoms with van der Waals surface area (Å²) in [5.74, 6) is -1.01. The van der Waals surface area contributed by atoms with E-state index in [2.05, 4.69) is 4.52 Å². The van der Waals surface area contributed by atoms with Crippen LogP contribution in [0, 0.1) is 0 Å². The van der Waals surface area contributed by atoms with Gasteiger partial charge in [-0.25, -0.2) is 4.79 Å². The standard InChI is InChI=1S/C9H13N2O10P.2Na/c12-2-4-5(13)6(14)8(20-4)11-1-3(21-22(17,18)19)7(15)10-9(11)16;;/h1,4-6,8,12-14H,2H2,(H,10,15,16)(H2,17,18,19);;/q;2*+1/p-2/t4-,5-,6-,8-;;/m1../s1. The van der Waals surface area contributed by atoms with Gasteiger partial charge in [-0.2, -0.15) is 0 Å². The van der Waals surface area contributed by atoms with Gasteiger partial charge in [0.15, 0.2) is 6.23 Å². The van der Waals surface area contributed by atoms with E-state index in [0.717, 1.165) is 0 Å². The Morgan fingerprint density at radius 2 is 1.88 bits per heavy atom. The molecule has 2 rings (SSSR count). The van der Waals surface area contributed by atoms with E-state index in [1.54, 1.807) is 4.98 Å². The Hall–Kier alpha value is 0.470. The van der Waals surface area contributed by atoms with Crippen LogP contribution in [0.3, 0.4) is 0 Å². The van der Waals surface area contributed by atoms with Gasteiger partial charge in [-0.3, -0.25) is 14.3 Å². The van der Waals surface area contributed by atoms with Crippen molar-refractivity contribution in [3.63, 3.8) is 0 Å². The number of phosphoric acid groups is 1. The number of hydrogen-bond donors (Lipinski definition) is 4. The second-order valence-corrected chi connectivity index (χ2v) is 5.50. The van der Waals surface area contributed by atoms with Gasteiger partial charge < -0.3 is 38.9 Å². The van der Waals surface area contributed by atoms with Crippen molar-refractivity contribution < 1.29 is 98.0 Å². The molecule has 1 aliphatic rings. The van der Waals surface area contributed by atoms with Gasteiger partial charge in [0.2, 0.25) is 5.75 Å². The average Bonchev–Trinajstić information content (AvgIpc) is 2.68. The zero-order valence-electron chi connectivity index (χ0n) is 12.7. The number of nitrogens with one attached hydrogen (secondary N) is 1. The maximum absolute atomic E-state index is 11.7. The molecule has 1 aromatic heterocycles. The molecule has 0 saturated carbocycles. The Labute approximate surface area is 178 Å². The smallest absolute Gasteiger partial charge is 0.780 e. The predicted molar refractivity (Wildman–Crippen MR) is 62.6 cm³/mol. The first kappa shape index (κ1) is 24.5. The molecule has 0 unspecified atom stereocenters. The number of nitrogens with zero attached hydrogens (tertiary/aromatic N) is 1. The molecule has 124 valence electrons. The van der Waals surface area contributed by atoms with Crippen molar-refractivity contribution in [2.75, 3.05) is 6.61 Å². The van der Waals surface area contributed by atoms with E-state index in [4.69, 9.17) is 9.84 Å². The first-order chi connectivity index (χ1) is 10.1. The summed E-state index contributed by atoms with van der Waals surface area (Å²) in [7, 11) is -5.55. The molecule has 2 heterocycles. The maximum Gasteiger partial charge on any atom is 1.00 e. The summed E-state index contributed by atoms with van der Waals surface area (Å²) in [6.45, 7) is -0.660. The molecule has 0 aromatic carbocycles. The zero-order chi connectivity index (χ0) is 16.7. The van der Waals surface area contributed by atoms with Crippen molar-refractivity contribution in [2.45, 2.75) is 24.5 Å². The summed E-state index contributed by atoms with van der Waals surface area (Å²) in [6, 6.07) is 0. The fourth-order valence-electron chi connectivity index (χ4n) is 1.95. The zero-order valence-corrected chi connectivity index (χ0v) is 17.6. The van der Waals surface area contributed by atoms with Crippen molar-refractivity contribution in [1.82, 2.24) is 9.55 Å². The van der Waals surface area contributed by atoms with Gasteiger partial charge in [0.25, 0.3) is 5.56 Å². The number of hydrogen-bond acceptors (Lipinski definition) is 10. The molecule has 0 bridgehead atoms. The number of ether oxygens (including phenoxy) is 1. The van der Waals surface area contributed by atoms with Gasteiger partial charge >= 0.3 is 64.8 Å². The molecule has 4 atom stereocenters. The summed E-state index contributed by atoms with van der Waals surface area (Å²) >= 11 is 0. The Bertz CT molecular complexity index is 717. The minimum atomic E-state index is -5.55. The summed E-state index contributed by atoms with van der Waals surface area (Å²) in [5.41, 5.74) is -2.39. The van der Waals surface area contributed by atoms with Crippen molar-refractivity contribution in [2.24, 2.45) is 0 Å². The summed E-state index contributed by atoms with van der Waals surface area (Å²) in [6.07, 6.45) is -5.36. The number of rotatable bonds is 4. The van der Waals surface area contributed by atoms with Crippen LogP contribution in [0.4, 0.5) is 0 Å². The van der Waals surface area contributed by atoms with Crippen LogP contribution in [-0.4, -0.2) is 49.8 Å². The van der Waals surface area contributed by atoms with Crippen LogP contribution in [0.2, 0.25) is 0 Å². The van der Waals surface area contributed by atoms with Crippen LogP contribution in [0.25, 0.3) is 0 Å². The largest absolute Gasteiger partial charge is 1.00 e. The number of aliphatic hydroxyl groups is 3. The molecule has 1 saturated heterocycles. The van der Waals surface area contributed by atoms with Crippen molar-refractivity contribution in [3.05, 3.63) is 27.0 Å². The second-order valence-electron chi connectivity index (χ2n) is 4.43. The molecule has 1 aliphatic heterocycles. The fourth-order valence-corrected chi connectivity index (χ4v) is 2.32. The van der Waals surface area contributed by atoms with Crippen molar-refractivity contribution in [3.8, 4) is 5.75 Å². The third-order valence-electron chi connectivity index (χ3n) is 2.94. The van der Waals surface area contributed by atoms with Gasteiger partial charge in [-0.05, 0) is 0 Å². The minimum absolute atomic E-state index is 0. The maximum atomic E-state index is 11.7. The first-order valence-corrected chi connectivity index (χ1v) is 7.29. The van der Waals surface area contributed by atoms with Crippen LogP contribution in [0.5, 0.6) is 5.75 Å². The molecule has 15 heteroatoms. The summed E-state index contributed by atoms with van der Waals surface area (Å²) < 4.78 is 20.0. The Morgan fingerprint density at radius 3 is 2.33 bits per heavy atom. The molecule has 0 radical (unpaired) electrons. The monoisotopic (exact) mass is 384 g/mol. The van der Waals surface area contributed by atoms with Gasteiger partial charge in [-0.15, -0.1) is 0 Å². The van der Waals surface area contributed by atoms with E-state index in [1.807, 2.05) is 0 Å². The van der Waals surface area contributed by atoms with Crippen LogP contribution in [0.15, 0.2) is 15.8 Å². The SMILES string of the molecule is O=c1[nH]c(=O)n([C@@H]2O[C@H](CO)[C@@H](O)[C@H]2O)cc1OP(=O)([O-])[O-].[Na+].[Na+]. The third kappa shape index (κ3) is 5.48. The van der Waals surface area contributed by atoms with Crippen LogP contribution in [-0.2, 0) is 9.30 Å². The van der Waals surface area contributed by atoms with E-state index in [-0.39, 0.29) is 59.1 Å². The Kier molecular flexibility index (Phi) is 9.60. The first-order valence-electron chi connectivity index (χ1n) is 5.83. The van der Waals surface area contributed by atoms with E-state index >= 15 is 0 Å². The van der Waals surface area contributed by atoms with Crippen LogP contribution >= 0.6 is 7.82 Å². The number of aromatic nitrogens is 2. The second kappa shape index (κ2) is 9.42. The van der Waals surface area contributed by atoms with Crippen LogP contribution < -0.4 is 84.7 Å². The van der Waals surface area contributed by atoms with Gasteiger partial charge in [-0.1, -0.05) is 0 Å². The molecule has 0 aliphatic carbocycles. The fraction of sp³-hybridized carbons (Fsp3) is 0.556. The topological polar surface area (TPSA) is 197 Å². The van der Waals surface area contributed by atoms with E-state index in [0.29, 0.717) is 10.8 Å². The summed E-state index contributed by atoms with van der Waals surface area (Å²) in [5, 5.41) is 28.3. The molecule has 12 nitrogen and oxygen atoms in total. The molecule has 0 spiro atoms. The molecule has 24 heavy (non-hydrogen) atoms. The quantitative estimate of drug-likeness (QED) is 0.286. The van der Waals surface area contributed by atoms with Gasteiger partial charge in [0, 0.05) is 0 Å². The molecular formula is C9H11N2Na2O10P. The Morgan fingerprint density at radius 1 is 1.29 bits per heavy atom. The predicted octanol–water partition coefficient (Wildman–Crippen LogP) is -10.6.